The molecule has 10 heteroatoms. The van der Waals surface area contributed by atoms with E-state index < -0.39 is 17.8 Å². The van der Waals surface area contributed by atoms with Crippen molar-refractivity contribution in [2.45, 2.75) is 78.1 Å². The molecule has 10 nitrogen and oxygen atoms in total. The van der Waals surface area contributed by atoms with Gasteiger partial charge >= 0.3 is 5.97 Å². The third-order valence-corrected chi connectivity index (χ3v) is 6.69. The normalized spacial score (nSPS) is 12.0. The average molecular weight is 617 g/mol. The third-order valence-electron chi connectivity index (χ3n) is 6.69. The van der Waals surface area contributed by atoms with E-state index in [9.17, 15) is 19.2 Å². The summed E-state index contributed by atoms with van der Waals surface area (Å²) in [4.78, 5) is 51.3. The quantitative estimate of drug-likeness (QED) is 0.109. The molecule has 0 spiro atoms. The number of carbonyl (C=O) groups is 4. The molecule has 2 aromatic heterocycles. The molecule has 1 saturated heterocycles. The lowest BCUT2D eigenvalue weighted by Gasteiger charge is -2.03. The molecule has 1 fully saturated rings. The number of hydrogen-bond donors (Lipinski definition) is 3. The zero-order chi connectivity index (χ0) is 33.0. The van der Waals surface area contributed by atoms with Crippen molar-refractivity contribution in [1.82, 2.24) is 15.0 Å². The smallest absolute Gasteiger partial charge is 0.307 e. The number of carboxylic acids is 1. The molecule has 240 valence electrons. The van der Waals surface area contributed by atoms with Crippen LogP contribution in [0.1, 0.15) is 76.3 Å². The van der Waals surface area contributed by atoms with E-state index in [-0.39, 0.29) is 24.3 Å². The van der Waals surface area contributed by atoms with Crippen molar-refractivity contribution in [3.8, 4) is 0 Å². The first kappa shape index (κ1) is 36.7. The van der Waals surface area contributed by atoms with E-state index >= 15 is 0 Å². The second kappa shape index (κ2) is 20.4. The van der Waals surface area contributed by atoms with Crippen molar-refractivity contribution in [3.05, 3.63) is 84.2 Å². The lowest BCUT2D eigenvalue weighted by Crippen LogP contribution is -2.24. The maximum atomic E-state index is 11.8. The highest BCUT2D eigenvalue weighted by Crippen LogP contribution is 2.15. The van der Waals surface area contributed by atoms with Crippen molar-refractivity contribution < 1.29 is 29.5 Å². The Hall–Kier alpha value is -4.54. The van der Waals surface area contributed by atoms with Gasteiger partial charge in [-0.2, -0.15) is 5.06 Å². The van der Waals surface area contributed by atoms with Crippen LogP contribution in [0.3, 0.4) is 0 Å². The van der Waals surface area contributed by atoms with Crippen LogP contribution in [0.25, 0.3) is 21.8 Å². The topological polar surface area (TPSA) is 164 Å². The fraction of sp³-hybridized carbons (Fsp3) is 0.371. The lowest BCUT2D eigenvalue weighted by atomic mass is 10.0. The van der Waals surface area contributed by atoms with Gasteiger partial charge in [-0.15, -0.1) is 0 Å². The number of carbonyl (C=O) groups excluding carboxylic acids is 3. The van der Waals surface area contributed by atoms with E-state index in [1.807, 2.05) is 60.8 Å². The molecule has 4 aromatic rings. The summed E-state index contributed by atoms with van der Waals surface area (Å²) in [5, 5.41) is 19.3. The summed E-state index contributed by atoms with van der Waals surface area (Å²) in [5.74, 6) is -1.52. The third kappa shape index (κ3) is 13.7. The van der Waals surface area contributed by atoms with Crippen molar-refractivity contribution in [3.63, 3.8) is 0 Å². The average Bonchev–Trinajstić information content (AvgIpc) is 3.33. The summed E-state index contributed by atoms with van der Waals surface area (Å²) in [6.45, 7) is 5.13. The Balaban J connectivity index is 0.000000231. The van der Waals surface area contributed by atoms with E-state index in [1.54, 1.807) is 6.20 Å². The Labute approximate surface area is 264 Å². The van der Waals surface area contributed by atoms with Crippen LogP contribution < -0.4 is 5.73 Å². The Kier molecular flexibility index (Phi) is 16.6. The summed E-state index contributed by atoms with van der Waals surface area (Å²) in [7, 11) is 0. The number of hydrogen-bond acceptors (Lipinski definition) is 8. The molecule has 4 N–H and O–H groups in total. The fourth-order valence-corrected chi connectivity index (χ4v) is 4.26. The number of carboxylic acid groups (broad SMARTS) is 1. The lowest BCUT2D eigenvalue weighted by molar-refractivity contribution is -0.171. The van der Waals surface area contributed by atoms with Gasteiger partial charge in [0.1, 0.15) is 5.78 Å². The number of amides is 2. The van der Waals surface area contributed by atoms with Crippen molar-refractivity contribution in [2.24, 2.45) is 5.73 Å². The molecule has 1 aliphatic heterocycles. The predicted molar refractivity (Wildman–Crippen MR) is 175 cm³/mol. The van der Waals surface area contributed by atoms with E-state index in [1.165, 1.54) is 12.8 Å². The van der Waals surface area contributed by atoms with Crippen LogP contribution in [0.5, 0.6) is 0 Å². The maximum Gasteiger partial charge on any atom is 0.307 e. The largest absolute Gasteiger partial charge is 0.481 e. The van der Waals surface area contributed by atoms with Crippen LogP contribution in [0.2, 0.25) is 0 Å². The number of fused-ring (bicyclic) bond motifs is 2. The number of hydroxylamine groups is 2. The SMILES string of the molecule is CCCCCC(=O)Cc1cnc2ccccc2c1.CCCCN.O=C(O)Cc1cnc2ccccc2c1.O=C1CCC(=O)N1O. The first-order valence-electron chi connectivity index (χ1n) is 15.3. The highest BCUT2D eigenvalue weighted by atomic mass is 16.5. The fourth-order valence-electron chi connectivity index (χ4n) is 4.26. The Morgan fingerprint density at radius 2 is 1.27 bits per heavy atom. The van der Waals surface area contributed by atoms with Gasteiger partial charge < -0.3 is 10.8 Å². The Morgan fingerprint density at radius 3 is 1.67 bits per heavy atom. The number of nitrogens with zero attached hydrogens (tertiary/aromatic N) is 3. The van der Waals surface area contributed by atoms with Gasteiger partial charge in [0.05, 0.1) is 17.5 Å². The molecule has 0 unspecified atom stereocenters. The van der Waals surface area contributed by atoms with Crippen LogP contribution in [0, 0.1) is 0 Å². The van der Waals surface area contributed by atoms with E-state index in [0.29, 0.717) is 18.6 Å². The molecular weight excluding hydrogens is 572 g/mol. The van der Waals surface area contributed by atoms with Gasteiger partial charge in [0.2, 0.25) is 0 Å². The van der Waals surface area contributed by atoms with E-state index in [4.69, 9.17) is 16.0 Å². The second-order valence-corrected chi connectivity index (χ2v) is 10.6. The summed E-state index contributed by atoms with van der Waals surface area (Å²) >= 11 is 0. The highest BCUT2D eigenvalue weighted by molar-refractivity contribution is 6.00. The van der Waals surface area contributed by atoms with Gasteiger partial charge in [0, 0.05) is 48.8 Å². The maximum absolute atomic E-state index is 11.8. The molecule has 0 saturated carbocycles. The molecule has 2 aromatic carbocycles. The highest BCUT2D eigenvalue weighted by Gasteiger charge is 2.26. The summed E-state index contributed by atoms with van der Waals surface area (Å²) < 4.78 is 0. The minimum Gasteiger partial charge on any atom is -0.481 e. The van der Waals surface area contributed by atoms with E-state index in [2.05, 4.69) is 29.9 Å². The monoisotopic (exact) mass is 616 g/mol. The number of nitrogens with two attached hydrogens (primary N) is 1. The van der Waals surface area contributed by atoms with Gasteiger partial charge in [-0.25, -0.2) is 0 Å². The van der Waals surface area contributed by atoms with Gasteiger partial charge in [0.15, 0.2) is 0 Å². The number of benzene rings is 2. The van der Waals surface area contributed by atoms with Crippen molar-refractivity contribution in [1.29, 1.82) is 0 Å². The molecule has 45 heavy (non-hydrogen) atoms. The number of aromatic nitrogens is 2. The number of pyridine rings is 2. The van der Waals surface area contributed by atoms with Crippen LogP contribution in [-0.2, 0) is 32.0 Å². The molecular formula is C35H44N4O6. The number of ketones is 1. The second-order valence-electron chi connectivity index (χ2n) is 10.6. The number of unbranched alkanes of at least 4 members (excludes halogenated alkanes) is 3. The zero-order valence-corrected chi connectivity index (χ0v) is 26.2. The number of imide groups is 1. The minimum absolute atomic E-state index is 0.0256. The summed E-state index contributed by atoms with van der Waals surface area (Å²) in [6.07, 6.45) is 10.7. The van der Waals surface area contributed by atoms with Gasteiger partial charge in [-0.05, 0) is 54.8 Å². The summed E-state index contributed by atoms with van der Waals surface area (Å²) in [6, 6.07) is 19.6. The van der Waals surface area contributed by atoms with Gasteiger partial charge in [-0.3, -0.25) is 34.4 Å². The number of rotatable bonds is 10. The van der Waals surface area contributed by atoms with E-state index in [0.717, 1.165) is 58.7 Å². The molecule has 1 aliphatic rings. The number of aliphatic carboxylic acids is 1. The minimum atomic E-state index is -0.831. The zero-order valence-electron chi connectivity index (χ0n) is 26.2. The molecule has 0 bridgehead atoms. The van der Waals surface area contributed by atoms with Crippen LogP contribution >= 0.6 is 0 Å². The van der Waals surface area contributed by atoms with Crippen LogP contribution in [0.4, 0.5) is 0 Å². The van der Waals surface area contributed by atoms with Crippen molar-refractivity contribution >= 4 is 45.4 Å². The van der Waals surface area contributed by atoms with Crippen molar-refractivity contribution in [2.75, 3.05) is 6.54 Å². The molecule has 0 aliphatic carbocycles. The van der Waals surface area contributed by atoms with Gasteiger partial charge in [0.25, 0.3) is 11.8 Å². The number of para-hydroxylation sites is 2. The van der Waals surface area contributed by atoms with Crippen LogP contribution in [0.15, 0.2) is 73.1 Å². The molecule has 2 amide bonds. The molecule has 0 atom stereocenters. The standard InChI is InChI=1S/C16H19NO.C11H9NO2.C4H5NO3.C4H11N/c1-2-3-4-8-15(18)11-13-10-14-7-5-6-9-16(14)17-12-13;13-11(14)6-8-5-9-3-1-2-4-10(9)12-7-8;6-3-1-2-4(7)5(3)8;1-2-3-4-5/h5-7,9-10,12H,2-4,8,11H2,1H3;1-5,7H,6H2,(H,13,14);8H,1-2H2;2-5H2,1H3. The summed E-state index contributed by atoms with van der Waals surface area (Å²) in [5.41, 5.74) is 8.77. The predicted octanol–water partition coefficient (Wildman–Crippen LogP) is 6.06. The van der Waals surface area contributed by atoms with Crippen LogP contribution in [-0.4, -0.2) is 55.5 Å². The van der Waals surface area contributed by atoms with Gasteiger partial charge in [-0.1, -0.05) is 69.5 Å². The first-order valence-corrected chi connectivity index (χ1v) is 15.3. The molecule has 5 rings (SSSR count). The number of Topliss-reactive ketones (excluding diaryl/α,β-unsaturated/α-hetero) is 1. The Morgan fingerprint density at radius 1 is 0.778 bits per heavy atom. The molecule has 3 heterocycles. The first-order chi connectivity index (χ1) is 21.7. The molecule has 0 radical (unpaired) electrons. The Bertz CT molecular complexity index is 1520.